The van der Waals surface area contributed by atoms with Crippen LogP contribution in [0.4, 0.5) is 4.39 Å². The molecule has 2 aromatic carbocycles. The zero-order valence-corrected chi connectivity index (χ0v) is 17.4. The van der Waals surface area contributed by atoms with Crippen molar-refractivity contribution in [2.75, 3.05) is 19.9 Å². The first-order chi connectivity index (χ1) is 12.0. The Kier molecular flexibility index (Phi) is 6.44. The van der Waals surface area contributed by atoms with Gasteiger partial charge in [0, 0.05) is 23.6 Å². The predicted molar refractivity (Wildman–Crippen MR) is 103 cm³/mol. The van der Waals surface area contributed by atoms with Crippen LogP contribution < -0.4 is 10.5 Å². The van der Waals surface area contributed by atoms with E-state index in [0.29, 0.717) is 10.2 Å². The SMILES string of the molecule is COc1ccc(CN(C)S(=O)(=O)C[C@](C)([NH3+])c2cc(Br)ccc2F)cc1. The minimum Gasteiger partial charge on any atom is -0.497 e. The summed E-state index contributed by atoms with van der Waals surface area (Å²) >= 11 is 3.29. The van der Waals surface area contributed by atoms with Crippen LogP contribution in [0.3, 0.4) is 0 Å². The van der Waals surface area contributed by atoms with Gasteiger partial charge in [0.05, 0.1) is 7.11 Å². The van der Waals surface area contributed by atoms with Crippen molar-refractivity contribution >= 4 is 26.0 Å². The second-order valence-corrected chi connectivity index (χ2v) is 9.54. The van der Waals surface area contributed by atoms with Gasteiger partial charge in [-0.2, -0.15) is 0 Å². The maximum Gasteiger partial charge on any atom is 0.220 e. The third kappa shape index (κ3) is 5.03. The number of benzene rings is 2. The number of rotatable bonds is 7. The summed E-state index contributed by atoms with van der Waals surface area (Å²) in [4.78, 5) is 0. The summed E-state index contributed by atoms with van der Waals surface area (Å²) in [6.07, 6.45) is 0. The Morgan fingerprint density at radius 3 is 2.42 bits per heavy atom. The van der Waals surface area contributed by atoms with Crippen molar-refractivity contribution in [2.24, 2.45) is 0 Å². The summed E-state index contributed by atoms with van der Waals surface area (Å²) in [6, 6.07) is 11.6. The lowest BCUT2D eigenvalue weighted by Crippen LogP contribution is -2.71. The minimum absolute atomic E-state index is 0.212. The number of hydrogen-bond donors (Lipinski definition) is 1. The lowest BCUT2D eigenvalue weighted by atomic mass is 9.95. The van der Waals surface area contributed by atoms with Gasteiger partial charge in [-0.25, -0.2) is 17.1 Å². The highest BCUT2D eigenvalue weighted by Crippen LogP contribution is 2.26. The van der Waals surface area contributed by atoms with Gasteiger partial charge in [-0.1, -0.05) is 28.1 Å². The first-order valence-corrected chi connectivity index (χ1v) is 10.3. The van der Waals surface area contributed by atoms with Gasteiger partial charge in [0.2, 0.25) is 10.0 Å². The molecule has 8 heteroatoms. The zero-order valence-electron chi connectivity index (χ0n) is 15.0. The molecule has 0 radical (unpaired) electrons. The van der Waals surface area contributed by atoms with Gasteiger partial charge in [-0.15, -0.1) is 0 Å². The van der Waals surface area contributed by atoms with Gasteiger partial charge < -0.3 is 10.5 Å². The largest absolute Gasteiger partial charge is 0.497 e. The lowest BCUT2D eigenvalue weighted by Gasteiger charge is -2.25. The maximum absolute atomic E-state index is 14.2. The molecule has 2 aromatic rings. The molecular weight excluding hydrogens is 423 g/mol. The average molecular weight is 446 g/mol. The molecule has 1 atom stereocenters. The molecule has 0 aliphatic carbocycles. The Morgan fingerprint density at radius 2 is 1.85 bits per heavy atom. The molecule has 2 rings (SSSR count). The van der Waals surface area contributed by atoms with Crippen molar-refractivity contribution in [1.82, 2.24) is 4.31 Å². The van der Waals surface area contributed by atoms with Crippen LogP contribution in [-0.2, 0) is 22.1 Å². The van der Waals surface area contributed by atoms with E-state index in [4.69, 9.17) is 4.74 Å². The Labute approximate surface area is 162 Å². The van der Waals surface area contributed by atoms with Gasteiger partial charge in [0.1, 0.15) is 22.9 Å². The number of methoxy groups -OCH3 is 1. The predicted octanol–water partition coefficient (Wildman–Crippen LogP) is 2.52. The highest BCUT2D eigenvalue weighted by Gasteiger charge is 2.36. The molecule has 142 valence electrons. The van der Waals surface area contributed by atoms with Crippen molar-refractivity contribution in [2.45, 2.75) is 19.0 Å². The molecule has 0 aliphatic heterocycles. The molecule has 0 fully saturated rings. The monoisotopic (exact) mass is 445 g/mol. The molecule has 0 aliphatic rings. The quantitative estimate of drug-likeness (QED) is 0.711. The van der Waals surface area contributed by atoms with Crippen LogP contribution in [0.1, 0.15) is 18.1 Å². The maximum atomic E-state index is 14.2. The smallest absolute Gasteiger partial charge is 0.220 e. The van der Waals surface area contributed by atoms with Gasteiger partial charge >= 0.3 is 0 Å². The Bertz CT molecular complexity index is 871. The van der Waals surface area contributed by atoms with E-state index in [1.54, 1.807) is 38.3 Å². The van der Waals surface area contributed by atoms with Crippen molar-refractivity contribution in [3.63, 3.8) is 0 Å². The third-order valence-electron chi connectivity index (χ3n) is 4.12. The zero-order chi connectivity index (χ0) is 19.5. The summed E-state index contributed by atoms with van der Waals surface area (Å²) in [5, 5.41) is 0. The summed E-state index contributed by atoms with van der Waals surface area (Å²) in [5.74, 6) is -0.0755. The van der Waals surface area contributed by atoms with E-state index in [2.05, 4.69) is 21.7 Å². The van der Waals surface area contributed by atoms with Crippen LogP contribution in [0, 0.1) is 5.82 Å². The van der Waals surface area contributed by atoms with E-state index in [1.165, 1.54) is 17.4 Å². The molecular formula is C18H23BrFN2O3S+. The molecule has 0 saturated heterocycles. The fraction of sp³-hybridized carbons (Fsp3) is 0.333. The average Bonchev–Trinajstić information content (AvgIpc) is 2.56. The number of halogens is 2. The topological polar surface area (TPSA) is 74.2 Å². The number of nitrogens with zero attached hydrogens (tertiary/aromatic N) is 1. The van der Waals surface area contributed by atoms with E-state index in [1.807, 2.05) is 12.1 Å². The molecule has 0 unspecified atom stereocenters. The molecule has 5 nitrogen and oxygen atoms in total. The number of hydrogen-bond acceptors (Lipinski definition) is 3. The normalized spacial score (nSPS) is 14.3. The van der Waals surface area contributed by atoms with Crippen LogP contribution in [0.2, 0.25) is 0 Å². The summed E-state index contributed by atoms with van der Waals surface area (Å²) in [6.45, 7) is 1.83. The van der Waals surface area contributed by atoms with E-state index in [0.717, 1.165) is 5.56 Å². The molecule has 3 N–H and O–H groups in total. The first-order valence-electron chi connectivity index (χ1n) is 7.93. The molecule has 0 heterocycles. The van der Waals surface area contributed by atoms with Crippen LogP contribution >= 0.6 is 15.9 Å². The fourth-order valence-electron chi connectivity index (χ4n) is 2.64. The van der Waals surface area contributed by atoms with E-state index in [-0.39, 0.29) is 17.9 Å². The van der Waals surface area contributed by atoms with E-state index < -0.39 is 21.4 Å². The molecule has 0 amide bonds. The van der Waals surface area contributed by atoms with Crippen molar-refractivity contribution < 1.29 is 23.3 Å². The summed E-state index contributed by atoms with van der Waals surface area (Å²) in [7, 11) is -0.574. The van der Waals surface area contributed by atoms with Crippen molar-refractivity contribution in [3.8, 4) is 5.75 Å². The molecule has 0 bridgehead atoms. The van der Waals surface area contributed by atoms with Crippen LogP contribution in [0.25, 0.3) is 0 Å². The number of ether oxygens (including phenoxy) is 1. The Hall–Kier alpha value is -1.48. The second kappa shape index (κ2) is 8.04. The highest BCUT2D eigenvalue weighted by atomic mass is 79.9. The van der Waals surface area contributed by atoms with E-state index >= 15 is 0 Å². The van der Waals surface area contributed by atoms with Crippen LogP contribution in [0.5, 0.6) is 5.75 Å². The highest BCUT2D eigenvalue weighted by molar-refractivity contribution is 9.10. The van der Waals surface area contributed by atoms with Crippen LogP contribution in [-0.4, -0.2) is 32.6 Å². The Morgan fingerprint density at radius 1 is 1.23 bits per heavy atom. The lowest BCUT2D eigenvalue weighted by molar-refractivity contribution is -0.473. The number of quaternary nitrogens is 1. The van der Waals surface area contributed by atoms with Gasteiger partial charge in [-0.05, 0) is 42.8 Å². The minimum atomic E-state index is -3.65. The molecule has 0 spiro atoms. The first kappa shape index (κ1) is 20.8. The standard InChI is InChI=1S/C18H22BrFN2O3S/c1-18(21,16-10-14(19)6-9-17(16)20)12-26(23,24)22(2)11-13-4-7-15(25-3)8-5-13/h4-10H,11-12,21H2,1-3H3/p+1/t18-/m0/s1. The summed E-state index contributed by atoms with van der Waals surface area (Å²) < 4.78 is 46.7. The molecule has 0 aromatic heterocycles. The van der Waals surface area contributed by atoms with Gasteiger partial charge in [0.25, 0.3) is 0 Å². The third-order valence-corrected chi connectivity index (χ3v) is 6.69. The number of sulfonamides is 1. The second-order valence-electron chi connectivity index (χ2n) is 6.55. The fourth-order valence-corrected chi connectivity index (χ4v) is 4.52. The van der Waals surface area contributed by atoms with Crippen molar-refractivity contribution in [3.05, 3.63) is 63.9 Å². The Balaban J connectivity index is 2.18. The van der Waals surface area contributed by atoms with Gasteiger partial charge in [0.15, 0.2) is 0 Å². The van der Waals surface area contributed by atoms with Crippen LogP contribution in [0.15, 0.2) is 46.9 Å². The van der Waals surface area contributed by atoms with Gasteiger partial charge in [-0.3, -0.25) is 0 Å². The molecule has 0 saturated carbocycles. The molecule has 26 heavy (non-hydrogen) atoms. The van der Waals surface area contributed by atoms with E-state index in [9.17, 15) is 12.8 Å². The summed E-state index contributed by atoms with van der Waals surface area (Å²) in [5.41, 5.74) is 3.92. The van der Waals surface area contributed by atoms with Crippen molar-refractivity contribution in [1.29, 1.82) is 0 Å².